The summed E-state index contributed by atoms with van der Waals surface area (Å²) in [7, 11) is 1.40. The van der Waals surface area contributed by atoms with Crippen molar-refractivity contribution in [2.75, 3.05) is 86.4 Å². The Hall–Kier alpha value is -2.44. The Morgan fingerprint density at radius 2 is 0.527 bits per heavy atom. The lowest BCUT2D eigenvalue weighted by atomic mass is 10.0. The highest BCUT2D eigenvalue weighted by Gasteiger charge is 2.13. The van der Waals surface area contributed by atoms with Gasteiger partial charge in [-0.15, -0.1) is 0 Å². The topological polar surface area (TPSA) is 223 Å². The molecule has 544 valence electrons. The number of rotatable bonds is 73. The predicted octanol–water partition coefficient (Wildman–Crippen LogP) is 19.0. The molecule has 0 fully saturated rings. The fraction of sp³-hybridized carbons (Fsp3) is 0.947. The standard InChI is InChI=1S/C26H50O6.C25H50O5.C24H48O5/c1-3-4-5-6-7-8-9-10-11-12-13-14-15-17-20-30-22-25(23-32-24(2)27)31-21-18-16-19-26(28)29;1-3-4-5-6-7-8-9-10-11-12-13-14-15-17-20-29-23-24(22-26)30-21-18-16-19-25(27)28-2;1-2-3-4-5-6-7-8-9-10-11-12-13-14-16-19-28-22-23(21-25)29-20-17-15-18-24(26)27/h25H,3-23H2,1-2H3,(H,28,29);24,26H,3-23H2,1-2H3;23,25H,2-22H2,1H3,(H,26,27). The zero-order chi connectivity index (χ0) is 67.2. The van der Waals surface area contributed by atoms with Gasteiger partial charge in [-0.05, 0) is 57.8 Å². The molecule has 4 N–H and O–H groups in total. The van der Waals surface area contributed by atoms with Crippen molar-refractivity contribution in [1.29, 1.82) is 0 Å². The van der Waals surface area contributed by atoms with Crippen molar-refractivity contribution >= 4 is 23.9 Å². The third-order valence-corrected chi connectivity index (χ3v) is 16.4. The van der Waals surface area contributed by atoms with E-state index in [-0.39, 0.29) is 62.9 Å². The largest absolute Gasteiger partial charge is 0.481 e. The molecule has 0 aliphatic rings. The molecule has 3 unspecified atom stereocenters. The lowest BCUT2D eigenvalue weighted by molar-refractivity contribution is -0.147. The van der Waals surface area contributed by atoms with Crippen molar-refractivity contribution in [1.82, 2.24) is 0 Å². The zero-order valence-electron chi connectivity index (χ0n) is 60.0. The maximum Gasteiger partial charge on any atom is 0.305 e. The van der Waals surface area contributed by atoms with Crippen molar-refractivity contribution in [3.8, 4) is 0 Å². The molecule has 16 heteroatoms. The third kappa shape index (κ3) is 85.5. The van der Waals surface area contributed by atoms with Crippen LogP contribution in [0.5, 0.6) is 0 Å². The molecule has 91 heavy (non-hydrogen) atoms. The molecule has 0 amide bonds. The SMILES string of the molecule is CCCCCCCCCCCCCCCCOCC(CO)OCCCCC(=O)O.CCCCCCCCCCCCCCCCOCC(CO)OCCCCC(=O)OC.CCCCCCCCCCCCCCCCOCC(COC(C)=O)OCCCCC(=O)O. The summed E-state index contributed by atoms with van der Waals surface area (Å²) in [6.07, 6.45) is 60.4. The average molecular weight is 1310 g/mol. The lowest BCUT2D eigenvalue weighted by Gasteiger charge is -2.18. The van der Waals surface area contributed by atoms with E-state index in [2.05, 4.69) is 25.5 Å². The summed E-state index contributed by atoms with van der Waals surface area (Å²) in [5.41, 5.74) is 0. The van der Waals surface area contributed by atoms with Crippen LogP contribution >= 0.6 is 0 Å². The molecule has 3 atom stereocenters. The fourth-order valence-electron chi connectivity index (χ4n) is 10.5. The predicted molar refractivity (Wildman–Crippen MR) is 372 cm³/mol. The number of carboxylic acid groups (broad SMARTS) is 2. The molecule has 0 spiro atoms. The number of hydrogen-bond acceptors (Lipinski definition) is 14. The summed E-state index contributed by atoms with van der Waals surface area (Å²) in [5.74, 6) is -2.10. The molecule has 0 saturated heterocycles. The highest BCUT2D eigenvalue weighted by molar-refractivity contribution is 5.69. The van der Waals surface area contributed by atoms with Gasteiger partial charge in [0.25, 0.3) is 0 Å². The molecule has 0 heterocycles. The summed E-state index contributed by atoms with van der Waals surface area (Å²) in [4.78, 5) is 43.0. The smallest absolute Gasteiger partial charge is 0.305 e. The molecule has 0 aliphatic carbocycles. The molecule has 0 aromatic rings. The number of carbonyl (C=O) groups is 4. The third-order valence-electron chi connectivity index (χ3n) is 16.4. The van der Waals surface area contributed by atoms with Crippen molar-refractivity contribution in [2.24, 2.45) is 0 Å². The van der Waals surface area contributed by atoms with E-state index in [0.29, 0.717) is 78.4 Å². The van der Waals surface area contributed by atoms with E-state index in [0.717, 1.165) is 45.3 Å². The molecule has 0 aromatic carbocycles. The second-order valence-corrected chi connectivity index (χ2v) is 25.4. The van der Waals surface area contributed by atoms with Gasteiger partial charge < -0.3 is 58.3 Å². The molecular weight excluding hydrogens is 1160 g/mol. The van der Waals surface area contributed by atoms with Crippen LogP contribution in [-0.2, 0) is 57.1 Å². The first kappa shape index (κ1) is 92.7. The number of hydrogen-bond donors (Lipinski definition) is 4. The Kier molecular flexibility index (Phi) is 83.4. The van der Waals surface area contributed by atoms with Crippen molar-refractivity contribution in [3.05, 3.63) is 0 Å². The first-order valence-electron chi connectivity index (χ1n) is 37.9. The summed E-state index contributed by atoms with van der Waals surface area (Å²) in [5, 5.41) is 35.9. The summed E-state index contributed by atoms with van der Waals surface area (Å²) in [6, 6.07) is 0. The Labute approximate surface area is 558 Å². The van der Waals surface area contributed by atoms with Crippen LogP contribution in [0.1, 0.15) is 355 Å². The van der Waals surface area contributed by atoms with E-state index >= 15 is 0 Å². The van der Waals surface area contributed by atoms with E-state index in [1.54, 1.807) is 0 Å². The molecule has 0 radical (unpaired) electrons. The molecule has 0 aromatic heterocycles. The number of ether oxygens (including phenoxy) is 8. The van der Waals surface area contributed by atoms with Crippen LogP contribution in [0.25, 0.3) is 0 Å². The summed E-state index contributed by atoms with van der Waals surface area (Å²) >= 11 is 0. The van der Waals surface area contributed by atoms with Gasteiger partial charge in [0.1, 0.15) is 24.9 Å². The minimum Gasteiger partial charge on any atom is -0.481 e. The maximum atomic E-state index is 11.0. The Morgan fingerprint density at radius 3 is 0.769 bits per heavy atom. The van der Waals surface area contributed by atoms with Gasteiger partial charge in [-0.1, -0.05) is 271 Å². The van der Waals surface area contributed by atoms with Crippen molar-refractivity contribution in [3.63, 3.8) is 0 Å². The highest BCUT2D eigenvalue weighted by Crippen LogP contribution is 2.17. The van der Waals surface area contributed by atoms with Gasteiger partial charge >= 0.3 is 23.9 Å². The highest BCUT2D eigenvalue weighted by atomic mass is 16.6. The Morgan fingerprint density at radius 1 is 0.297 bits per heavy atom. The van der Waals surface area contributed by atoms with Crippen LogP contribution < -0.4 is 0 Å². The number of carbonyl (C=O) groups excluding carboxylic acids is 2. The van der Waals surface area contributed by atoms with E-state index in [1.807, 2.05) is 0 Å². The minimum atomic E-state index is -0.794. The molecule has 0 saturated carbocycles. The number of aliphatic hydroxyl groups excluding tert-OH is 2. The molecule has 16 nitrogen and oxygen atoms in total. The number of carboxylic acids is 2. The average Bonchev–Trinajstić information content (AvgIpc) is 3.54. The number of methoxy groups -OCH3 is 1. The minimum absolute atomic E-state index is 0.0320. The van der Waals surface area contributed by atoms with Crippen molar-refractivity contribution < 1.29 is 77.5 Å². The Balaban J connectivity index is -0.00000128. The van der Waals surface area contributed by atoms with Crippen LogP contribution in [-0.4, -0.2) is 149 Å². The van der Waals surface area contributed by atoms with Gasteiger partial charge in [0.15, 0.2) is 0 Å². The number of unbranched alkanes of at least 4 members (excludes halogenated alkanes) is 42. The molecule has 0 bridgehead atoms. The van der Waals surface area contributed by atoms with E-state index in [1.165, 1.54) is 264 Å². The van der Waals surface area contributed by atoms with Gasteiger partial charge in [0.05, 0.1) is 40.1 Å². The van der Waals surface area contributed by atoms with Crippen LogP contribution in [0.3, 0.4) is 0 Å². The first-order valence-corrected chi connectivity index (χ1v) is 37.9. The maximum absolute atomic E-state index is 11.0. The van der Waals surface area contributed by atoms with Gasteiger partial charge in [-0.25, -0.2) is 0 Å². The van der Waals surface area contributed by atoms with Crippen molar-refractivity contribution in [2.45, 2.75) is 373 Å². The second kappa shape index (κ2) is 81.8. The first-order chi connectivity index (χ1) is 44.5. The normalized spacial score (nSPS) is 12.2. The quantitative estimate of drug-likeness (QED) is 0.0328. The Bertz CT molecular complexity index is 1440. The van der Waals surface area contributed by atoms with E-state index < -0.39 is 11.9 Å². The molecule has 0 rings (SSSR count). The monoisotopic (exact) mass is 1310 g/mol. The van der Waals surface area contributed by atoms with Crippen LogP contribution in [0.2, 0.25) is 0 Å². The number of aliphatic carboxylic acids is 2. The van der Waals surface area contributed by atoms with Crippen LogP contribution in [0.4, 0.5) is 0 Å². The number of aliphatic hydroxyl groups is 2. The lowest BCUT2D eigenvalue weighted by Crippen LogP contribution is -2.27. The van der Waals surface area contributed by atoms with Gasteiger partial charge in [0.2, 0.25) is 0 Å². The summed E-state index contributed by atoms with van der Waals surface area (Å²) < 4.78 is 43.5. The zero-order valence-corrected chi connectivity index (χ0v) is 60.0. The second-order valence-electron chi connectivity index (χ2n) is 25.4. The molecular formula is C75H148O16. The van der Waals surface area contributed by atoms with E-state index in [4.69, 9.17) is 43.4 Å². The van der Waals surface area contributed by atoms with Gasteiger partial charge in [0, 0.05) is 65.8 Å². The van der Waals surface area contributed by atoms with Crippen LogP contribution in [0.15, 0.2) is 0 Å². The van der Waals surface area contributed by atoms with Crippen LogP contribution in [0, 0.1) is 0 Å². The van der Waals surface area contributed by atoms with Gasteiger partial charge in [-0.3, -0.25) is 19.2 Å². The fourth-order valence-corrected chi connectivity index (χ4v) is 10.5. The van der Waals surface area contributed by atoms with Gasteiger partial charge in [-0.2, -0.15) is 0 Å². The molecule has 0 aliphatic heterocycles. The number of esters is 2. The summed E-state index contributed by atoms with van der Waals surface area (Å²) in [6.45, 7) is 13.1. The van der Waals surface area contributed by atoms with E-state index in [9.17, 15) is 29.4 Å².